The molecule has 2 aromatic rings. The average Bonchev–Trinajstić information content (AvgIpc) is 2.95. The van der Waals surface area contributed by atoms with E-state index in [1.807, 2.05) is 24.3 Å². The number of H-pyrrole nitrogens is 1. The number of nitrogens with one attached hydrogen (secondary N) is 1. The highest BCUT2D eigenvalue weighted by atomic mass is 19.4. The Morgan fingerprint density at radius 3 is 2.71 bits per heavy atom. The fourth-order valence-electron chi connectivity index (χ4n) is 3.48. The number of halogens is 3. The Kier molecular flexibility index (Phi) is 4.51. The molecular weight excluding hydrogens is 319 g/mol. The maximum absolute atomic E-state index is 13.2. The topological polar surface area (TPSA) is 49.0 Å². The number of nitrogens with zero attached hydrogens (tertiary/aromatic N) is 2. The molecule has 0 radical (unpaired) electrons. The molecule has 1 saturated carbocycles. The summed E-state index contributed by atoms with van der Waals surface area (Å²) in [5.74, 6) is -2.38. The third-order valence-electron chi connectivity index (χ3n) is 4.71. The van der Waals surface area contributed by atoms with Crippen LogP contribution in [0.2, 0.25) is 0 Å². The zero-order valence-corrected chi connectivity index (χ0v) is 13.4. The smallest absolute Gasteiger partial charge is 0.340 e. The number of hydrogen-bond acceptors (Lipinski definition) is 2. The molecule has 0 aliphatic heterocycles. The van der Waals surface area contributed by atoms with E-state index >= 15 is 0 Å². The van der Waals surface area contributed by atoms with Gasteiger partial charge < -0.3 is 9.88 Å². The van der Waals surface area contributed by atoms with Crippen molar-refractivity contribution in [3.05, 3.63) is 30.1 Å². The van der Waals surface area contributed by atoms with Gasteiger partial charge in [-0.25, -0.2) is 4.98 Å². The zero-order chi connectivity index (χ0) is 17.3. The Morgan fingerprint density at radius 1 is 1.29 bits per heavy atom. The number of amides is 1. The van der Waals surface area contributed by atoms with E-state index in [-0.39, 0.29) is 13.0 Å². The first-order valence-corrected chi connectivity index (χ1v) is 8.11. The molecule has 2 atom stereocenters. The van der Waals surface area contributed by atoms with Gasteiger partial charge in [0, 0.05) is 13.0 Å². The van der Waals surface area contributed by atoms with Crippen LogP contribution >= 0.6 is 0 Å². The van der Waals surface area contributed by atoms with Crippen molar-refractivity contribution in [2.45, 2.75) is 38.4 Å². The second-order valence-electron chi connectivity index (χ2n) is 6.43. The largest absolute Gasteiger partial charge is 0.392 e. The van der Waals surface area contributed by atoms with Gasteiger partial charge in [0.1, 0.15) is 5.82 Å². The van der Waals surface area contributed by atoms with Crippen molar-refractivity contribution < 1.29 is 18.0 Å². The number of aromatic nitrogens is 2. The Bertz CT molecular complexity index is 692. The number of hydrogen-bond donors (Lipinski definition) is 1. The second kappa shape index (κ2) is 6.45. The van der Waals surface area contributed by atoms with Gasteiger partial charge in [-0.05, 0) is 25.0 Å². The van der Waals surface area contributed by atoms with Crippen LogP contribution in [0.3, 0.4) is 0 Å². The van der Waals surface area contributed by atoms with Crippen LogP contribution in [0.15, 0.2) is 24.3 Å². The van der Waals surface area contributed by atoms with E-state index in [1.165, 1.54) is 11.9 Å². The fourth-order valence-corrected chi connectivity index (χ4v) is 3.48. The molecule has 0 saturated heterocycles. The molecule has 1 aromatic heterocycles. The van der Waals surface area contributed by atoms with Crippen molar-refractivity contribution in [1.29, 1.82) is 0 Å². The average molecular weight is 339 g/mol. The lowest BCUT2D eigenvalue weighted by Gasteiger charge is -2.34. The van der Waals surface area contributed by atoms with E-state index in [0.717, 1.165) is 11.0 Å². The molecule has 4 nitrogen and oxygen atoms in total. The van der Waals surface area contributed by atoms with Gasteiger partial charge in [0.15, 0.2) is 0 Å². The minimum atomic E-state index is -4.32. The van der Waals surface area contributed by atoms with Gasteiger partial charge in [0.05, 0.1) is 23.5 Å². The predicted molar refractivity (Wildman–Crippen MR) is 84.1 cm³/mol. The molecule has 7 heteroatoms. The van der Waals surface area contributed by atoms with Crippen LogP contribution < -0.4 is 0 Å². The molecule has 1 aliphatic carbocycles. The lowest BCUT2D eigenvalue weighted by atomic mass is 9.78. The van der Waals surface area contributed by atoms with Crippen molar-refractivity contribution in [3.8, 4) is 0 Å². The molecule has 0 bridgehead atoms. The summed E-state index contributed by atoms with van der Waals surface area (Å²) in [6.07, 6.45) is -2.78. The molecule has 24 heavy (non-hydrogen) atoms. The number of carbonyl (C=O) groups excluding carboxylic acids is 1. The van der Waals surface area contributed by atoms with E-state index in [9.17, 15) is 18.0 Å². The maximum Gasteiger partial charge on any atom is 0.392 e. The third kappa shape index (κ3) is 3.39. The van der Waals surface area contributed by atoms with Crippen molar-refractivity contribution in [2.24, 2.45) is 11.8 Å². The summed E-state index contributed by atoms with van der Waals surface area (Å²) in [6, 6.07) is 7.44. The number of fused-ring (bicyclic) bond motifs is 1. The predicted octanol–water partition coefficient (Wildman–Crippen LogP) is 3.89. The summed E-state index contributed by atoms with van der Waals surface area (Å²) >= 11 is 0. The van der Waals surface area contributed by atoms with Gasteiger partial charge in [-0.3, -0.25) is 4.79 Å². The van der Waals surface area contributed by atoms with E-state index < -0.39 is 23.9 Å². The zero-order valence-electron chi connectivity index (χ0n) is 13.4. The van der Waals surface area contributed by atoms with Crippen molar-refractivity contribution >= 4 is 16.9 Å². The first kappa shape index (κ1) is 16.8. The number of imidazole rings is 1. The number of para-hydroxylation sites is 2. The second-order valence-corrected chi connectivity index (χ2v) is 6.43. The van der Waals surface area contributed by atoms with E-state index in [4.69, 9.17) is 0 Å². The monoisotopic (exact) mass is 339 g/mol. The number of aromatic amines is 1. The Balaban J connectivity index is 1.73. The summed E-state index contributed by atoms with van der Waals surface area (Å²) < 4.78 is 39.6. The van der Waals surface area contributed by atoms with E-state index in [1.54, 1.807) is 0 Å². The molecule has 1 amide bonds. The highest BCUT2D eigenvalue weighted by molar-refractivity contribution is 5.79. The van der Waals surface area contributed by atoms with Crippen LogP contribution in [0.25, 0.3) is 11.0 Å². The summed E-state index contributed by atoms with van der Waals surface area (Å²) in [7, 11) is 1.54. The Hall–Kier alpha value is -2.05. The van der Waals surface area contributed by atoms with Crippen molar-refractivity contribution in [1.82, 2.24) is 14.9 Å². The number of benzene rings is 1. The Morgan fingerprint density at radius 2 is 2.00 bits per heavy atom. The maximum atomic E-state index is 13.2. The summed E-state index contributed by atoms with van der Waals surface area (Å²) in [5.41, 5.74) is 1.62. The molecular formula is C17H20F3N3O. The van der Waals surface area contributed by atoms with Gasteiger partial charge in [0.2, 0.25) is 5.91 Å². The van der Waals surface area contributed by atoms with Gasteiger partial charge in [-0.2, -0.15) is 13.2 Å². The summed E-state index contributed by atoms with van der Waals surface area (Å²) in [5, 5.41) is 0. The lowest BCUT2D eigenvalue weighted by molar-refractivity contribution is -0.200. The molecule has 2 unspecified atom stereocenters. The van der Waals surface area contributed by atoms with Gasteiger partial charge in [-0.1, -0.05) is 25.0 Å². The number of alkyl halides is 3. The van der Waals surface area contributed by atoms with Crippen molar-refractivity contribution in [2.75, 3.05) is 7.05 Å². The molecule has 1 fully saturated rings. The molecule has 1 N–H and O–H groups in total. The van der Waals surface area contributed by atoms with Crippen LogP contribution in [0.5, 0.6) is 0 Å². The third-order valence-corrected chi connectivity index (χ3v) is 4.71. The number of rotatable bonds is 3. The molecule has 130 valence electrons. The SMILES string of the molecule is CN(Cc1nc2ccccc2[nH]1)C(=O)C1CCCCC1C(F)(F)F. The first-order chi connectivity index (χ1) is 11.4. The highest BCUT2D eigenvalue weighted by Gasteiger charge is 2.48. The standard InChI is InChI=1S/C17H20F3N3O/c1-23(10-15-21-13-8-4-5-9-14(13)22-15)16(24)11-6-2-3-7-12(11)17(18,19)20/h4-5,8-9,11-12H,2-3,6-7,10H2,1H3,(H,21,22). The van der Waals surface area contributed by atoms with Crippen LogP contribution in [0.4, 0.5) is 13.2 Å². The van der Waals surface area contributed by atoms with Gasteiger partial charge in [-0.15, -0.1) is 0 Å². The fraction of sp³-hybridized carbons (Fsp3) is 0.529. The van der Waals surface area contributed by atoms with Gasteiger partial charge in [0.25, 0.3) is 0 Å². The summed E-state index contributed by atoms with van der Waals surface area (Å²) in [6.45, 7) is 0.175. The Labute approximate surface area is 138 Å². The lowest BCUT2D eigenvalue weighted by Crippen LogP contribution is -2.43. The molecule has 3 rings (SSSR count). The van der Waals surface area contributed by atoms with Crippen LogP contribution in [-0.4, -0.2) is 34.0 Å². The quantitative estimate of drug-likeness (QED) is 0.922. The van der Waals surface area contributed by atoms with Crippen LogP contribution in [-0.2, 0) is 11.3 Å². The highest BCUT2D eigenvalue weighted by Crippen LogP contribution is 2.42. The van der Waals surface area contributed by atoms with Crippen molar-refractivity contribution in [3.63, 3.8) is 0 Å². The normalized spacial score (nSPS) is 21.8. The van der Waals surface area contributed by atoms with Crippen LogP contribution in [0, 0.1) is 11.8 Å². The summed E-state index contributed by atoms with van der Waals surface area (Å²) in [4.78, 5) is 21.4. The minimum absolute atomic E-state index is 0.0401. The molecule has 1 aromatic carbocycles. The minimum Gasteiger partial charge on any atom is -0.340 e. The van der Waals surface area contributed by atoms with Crippen LogP contribution in [0.1, 0.15) is 31.5 Å². The van der Waals surface area contributed by atoms with E-state index in [2.05, 4.69) is 9.97 Å². The van der Waals surface area contributed by atoms with E-state index in [0.29, 0.717) is 25.1 Å². The molecule has 1 aliphatic rings. The molecule has 0 spiro atoms. The molecule has 1 heterocycles. The van der Waals surface area contributed by atoms with Gasteiger partial charge >= 0.3 is 6.18 Å². The number of carbonyl (C=O) groups is 1. The first-order valence-electron chi connectivity index (χ1n) is 8.11.